The highest BCUT2D eigenvalue weighted by molar-refractivity contribution is 8.13. The summed E-state index contributed by atoms with van der Waals surface area (Å²) in [5, 5.41) is 3.18. The first-order chi connectivity index (χ1) is 13.8. The third-order valence-corrected chi connectivity index (χ3v) is 6.07. The fraction of sp³-hybridized carbons (Fsp3) is 0.400. The minimum absolute atomic E-state index is 0.0751. The van der Waals surface area contributed by atoms with E-state index in [1.54, 1.807) is 19.4 Å². The van der Waals surface area contributed by atoms with E-state index in [0.29, 0.717) is 35.6 Å². The molecule has 2 aromatic rings. The summed E-state index contributed by atoms with van der Waals surface area (Å²) in [7, 11) is 1.59. The third-order valence-electron chi connectivity index (χ3n) is 4.95. The second-order valence-corrected chi connectivity index (χ2v) is 8.55. The lowest BCUT2D eigenvalue weighted by molar-refractivity contribution is -0.115. The topological polar surface area (TPSA) is 57.7 Å². The molecule has 1 N–H and O–H groups in total. The molecular formula is C20H24Cl2N4O2S. The number of nitrogens with one attached hydrogen (secondary N) is 1. The lowest BCUT2D eigenvalue weighted by Gasteiger charge is -2.41. The molecule has 0 radical (unpaired) electrons. The summed E-state index contributed by atoms with van der Waals surface area (Å²) in [5.41, 5.74) is 6.97. The van der Waals surface area contributed by atoms with Crippen LogP contribution in [0.5, 0.6) is 5.88 Å². The van der Waals surface area contributed by atoms with E-state index < -0.39 is 0 Å². The number of hydrogen-bond donors (Lipinski definition) is 1. The van der Waals surface area contributed by atoms with Crippen LogP contribution in [0.25, 0.3) is 0 Å². The van der Waals surface area contributed by atoms with Crippen molar-refractivity contribution < 1.29 is 9.53 Å². The van der Waals surface area contributed by atoms with Crippen molar-refractivity contribution in [3.63, 3.8) is 0 Å². The summed E-state index contributed by atoms with van der Waals surface area (Å²) in [4.78, 5) is 19.3. The second kappa shape index (κ2) is 9.43. The van der Waals surface area contributed by atoms with Crippen LogP contribution in [0.1, 0.15) is 11.3 Å². The number of anilines is 2. The number of pyridine rings is 1. The van der Waals surface area contributed by atoms with E-state index in [4.69, 9.17) is 27.9 Å². The van der Waals surface area contributed by atoms with Gasteiger partial charge in [0, 0.05) is 41.1 Å². The molecule has 6 nitrogen and oxygen atoms in total. The van der Waals surface area contributed by atoms with E-state index in [-0.39, 0.29) is 11.2 Å². The number of aromatic nitrogens is 1. The Balaban J connectivity index is 1.85. The molecule has 0 amide bonds. The van der Waals surface area contributed by atoms with Gasteiger partial charge in [0.25, 0.3) is 0 Å². The number of carbonyl (C=O) groups excluding carboxylic acids is 1. The Bertz CT molecular complexity index is 892. The molecule has 2 heterocycles. The average Bonchev–Trinajstić information content (AvgIpc) is 2.69. The Labute approximate surface area is 185 Å². The summed E-state index contributed by atoms with van der Waals surface area (Å²) in [6.45, 7) is 5.79. The van der Waals surface area contributed by atoms with Crippen LogP contribution in [0.2, 0.25) is 10.0 Å². The summed E-state index contributed by atoms with van der Waals surface area (Å²) in [5.74, 6) is 0.507. The first-order valence-electron chi connectivity index (χ1n) is 9.16. The maximum Gasteiger partial charge on any atom is 0.238 e. The number of nitrogens with zero attached hydrogens (tertiary/aromatic N) is 3. The molecule has 0 saturated carbocycles. The third kappa shape index (κ3) is 5.09. The standard InChI is InChI=1S/C20H24Cl2N4O2S/c1-12-7-17(19(28-3)23-13(12)2)24-26-6-5-25(11-18(26)20(27)29-4)16-9-14(21)8-15(22)10-16/h7-10,18,24H,5-6,11H2,1-4H3. The minimum Gasteiger partial charge on any atom is -0.479 e. The smallest absolute Gasteiger partial charge is 0.238 e. The number of piperazine rings is 1. The predicted molar refractivity (Wildman–Crippen MR) is 122 cm³/mol. The number of rotatable bonds is 5. The van der Waals surface area contributed by atoms with Gasteiger partial charge in [-0.1, -0.05) is 35.0 Å². The Morgan fingerprint density at radius 1 is 1.21 bits per heavy atom. The number of hydrogen-bond acceptors (Lipinski definition) is 7. The van der Waals surface area contributed by atoms with Crippen LogP contribution in [0, 0.1) is 13.8 Å². The van der Waals surface area contributed by atoms with Gasteiger partial charge >= 0.3 is 0 Å². The van der Waals surface area contributed by atoms with Gasteiger partial charge in [-0.2, -0.15) is 0 Å². The largest absolute Gasteiger partial charge is 0.479 e. The van der Waals surface area contributed by atoms with Gasteiger partial charge in [0.05, 0.1) is 7.11 Å². The molecule has 1 aromatic heterocycles. The van der Waals surface area contributed by atoms with Crippen LogP contribution in [-0.2, 0) is 4.79 Å². The van der Waals surface area contributed by atoms with Crippen molar-refractivity contribution in [3.05, 3.63) is 45.6 Å². The minimum atomic E-state index is -0.358. The van der Waals surface area contributed by atoms with Gasteiger partial charge in [-0.15, -0.1) is 0 Å². The highest BCUT2D eigenvalue weighted by Gasteiger charge is 2.33. The Morgan fingerprint density at radius 3 is 2.52 bits per heavy atom. The quantitative estimate of drug-likeness (QED) is 0.716. The van der Waals surface area contributed by atoms with Crippen molar-refractivity contribution in [3.8, 4) is 5.88 Å². The number of hydrazine groups is 1. The van der Waals surface area contributed by atoms with Crippen molar-refractivity contribution >= 4 is 51.5 Å². The zero-order valence-corrected chi connectivity index (χ0v) is 19.2. The maximum absolute atomic E-state index is 12.7. The zero-order chi connectivity index (χ0) is 21.1. The van der Waals surface area contributed by atoms with Crippen molar-refractivity contribution in [2.45, 2.75) is 19.9 Å². The number of aryl methyl sites for hydroxylation is 2. The van der Waals surface area contributed by atoms with Crippen molar-refractivity contribution in [2.24, 2.45) is 0 Å². The Morgan fingerprint density at radius 2 is 1.90 bits per heavy atom. The molecule has 1 atom stereocenters. The van der Waals surface area contributed by atoms with Gasteiger partial charge in [-0.25, -0.2) is 9.99 Å². The number of benzene rings is 1. The molecule has 0 bridgehead atoms. The highest BCUT2D eigenvalue weighted by Crippen LogP contribution is 2.30. The van der Waals surface area contributed by atoms with E-state index in [9.17, 15) is 4.79 Å². The first kappa shape index (κ1) is 22.0. The predicted octanol–water partition coefficient (Wildman–Crippen LogP) is 4.42. The number of thioether (sulfide) groups is 1. The summed E-state index contributed by atoms with van der Waals surface area (Å²) in [6.07, 6.45) is 1.80. The van der Waals surface area contributed by atoms with Crippen LogP contribution in [-0.4, -0.2) is 54.1 Å². The zero-order valence-electron chi connectivity index (χ0n) is 16.8. The second-order valence-electron chi connectivity index (χ2n) is 6.87. The van der Waals surface area contributed by atoms with Gasteiger partial charge in [0.15, 0.2) is 0 Å². The molecule has 1 saturated heterocycles. The monoisotopic (exact) mass is 454 g/mol. The molecule has 0 aliphatic carbocycles. The molecule has 1 aliphatic rings. The molecule has 1 aromatic carbocycles. The van der Waals surface area contributed by atoms with Gasteiger partial charge in [0.2, 0.25) is 11.0 Å². The summed E-state index contributed by atoms with van der Waals surface area (Å²) >= 11 is 13.6. The van der Waals surface area contributed by atoms with E-state index in [2.05, 4.69) is 15.3 Å². The van der Waals surface area contributed by atoms with Gasteiger partial charge < -0.3 is 15.1 Å². The highest BCUT2D eigenvalue weighted by atomic mass is 35.5. The number of halogens is 2. The van der Waals surface area contributed by atoms with E-state index in [1.807, 2.05) is 37.1 Å². The average molecular weight is 455 g/mol. The van der Waals surface area contributed by atoms with Crippen molar-refractivity contribution in [2.75, 3.05) is 43.3 Å². The van der Waals surface area contributed by atoms with Crippen LogP contribution >= 0.6 is 35.0 Å². The van der Waals surface area contributed by atoms with Gasteiger partial charge in [-0.3, -0.25) is 4.79 Å². The van der Waals surface area contributed by atoms with Gasteiger partial charge in [0.1, 0.15) is 11.7 Å². The molecule has 0 spiro atoms. The van der Waals surface area contributed by atoms with Crippen molar-refractivity contribution in [1.82, 2.24) is 9.99 Å². The molecule has 1 fully saturated rings. The van der Waals surface area contributed by atoms with Crippen LogP contribution < -0.4 is 15.1 Å². The SMILES string of the molecule is COc1nc(C)c(C)cc1NN1CCN(c2cc(Cl)cc(Cl)c2)CC1C(=O)SC. The van der Waals surface area contributed by atoms with E-state index in [0.717, 1.165) is 22.6 Å². The number of methoxy groups -OCH3 is 1. The molecule has 156 valence electrons. The Kier molecular flexibility index (Phi) is 7.16. The lowest BCUT2D eigenvalue weighted by Crippen LogP contribution is -2.58. The fourth-order valence-electron chi connectivity index (χ4n) is 3.28. The molecule has 9 heteroatoms. The van der Waals surface area contributed by atoms with E-state index in [1.165, 1.54) is 11.8 Å². The van der Waals surface area contributed by atoms with Crippen LogP contribution in [0.3, 0.4) is 0 Å². The molecule has 3 rings (SSSR count). The molecule has 1 unspecified atom stereocenters. The lowest BCUT2D eigenvalue weighted by atomic mass is 10.1. The molecular weight excluding hydrogens is 431 g/mol. The summed E-state index contributed by atoms with van der Waals surface area (Å²) < 4.78 is 5.43. The molecule has 29 heavy (non-hydrogen) atoms. The Hall–Kier alpha value is -1.67. The first-order valence-corrected chi connectivity index (χ1v) is 11.1. The van der Waals surface area contributed by atoms with Gasteiger partial charge in [-0.05, 0) is 49.9 Å². The fourth-order valence-corrected chi connectivity index (χ4v) is 4.27. The van der Waals surface area contributed by atoms with Crippen LogP contribution in [0.15, 0.2) is 24.3 Å². The number of ether oxygens (including phenoxy) is 1. The van der Waals surface area contributed by atoms with E-state index >= 15 is 0 Å². The van der Waals surface area contributed by atoms with Crippen LogP contribution in [0.4, 0.5) is 11.4 Å². The molecule has 1 aliphatic heterocycles. The number of carbonyl (C=O) groups is 1. The maximum atomic E-state index is 12.7. The van der Waals surface area contributed by atoms with Crippen molar-refractivity contribution in [1.29, 1.82) is 0 Å². The summed E-state index contributed by atoms with van der Waals surface area (Å²) in [6, 6.07) is 7.07. The normalized spacial score (nSPS) is 17.3.